The molecule has 3 rings (SSSR count). The molecule has 0 spiro atoms. The third-order valence-corrected chi connectivity index (χ3v) is 5.06. The SMILES string of the molecule is CN(C)C1(C(O)c2ccc3nc(N)ncc3c2)CCCCC1. The number of nitrogens with zero attached hydrogens (tertiary/aromatic N) is 3. The Kier molecular flexibility index (Phi) is 4.02. The van der Waals surface area contributed by atoms with Crippen LogP contribution in [0.4, 0.5) is 5.95 Å². The first-order chi connectivity index (χ1) is 10.5. The van der Waals surface area contributed by atoms with Crippen molar-refractivity contribution >= 4 is 16.9 Å². The van der Waals surface area contributed by atoms with Crippen LogP contribution in [0.1, 0.15) is 43.8 Å². The number of aliphatic hydroxyl groups excluding tert-OH is 1. The molecule has 5 nitrogen and oxygen atoms in total. The van der Waals surface area contributed by atoms with E-state index in [1.807, 2.05) is 18.2 Å². The van der Waals surface area contributed by atoms with Crippen LogP contribution in [0, 0.1) is 0 Å². The van der Waals surface area contributed by atoms with E-state index < -0.39 is 6.10 Å². The Morgan fingerprint density at radius 1 is 1.23 bits per heavy atom. The maximum atomic E-state index is 11.1. The first-order valence-electron chi connectivity index (χ1n) is 7.91. The number of fused-ring (bicyclic) bond motifs is 1. The highest BCUT2D eigenvalue weighted by molar-refractivity contribution is 5.79. The van der Waals surface area contributed by atoms with Gasteiger partial charge in [-0.2, -0.15) is 0 Å². The first kappa shape index (κ1) is 15.2. The largest absolute Gasteiger partial charge is 0.386 e. The molecule has 0 amide bonds. The second-order valence-corrected chi connectivity index (χ2v) is 6.51. The van der Waals surface area contributed by atoms with Crippen molar-refractivity contribution < 1.29 is 5.11 Å². The molecule has 2 aromatic rings. The van der Waals surface area contributed by atoms with Crippen molar-refractivity contribution in [2.75, 3.05) is 19.8 Å². The number of anilines is 1. The number of benzene rings is 1. The molecular formula is C17H24N4O. The van der Waals surface area contributed by atoms with Crippen molar-refractivity contribution in [3.8, 4) is 0 Å². The molecule has 1 aliphatic carbocycles. The first-order valence-corrected chi connectivity index (χ1v) is 7.91. The molecule has 22 heavy (non-hydrogen) atoms. The lowest BCUT2D eigenvalue weighted by molar-refractivity contribution is -0.0335. The summed E-state index contributed by atoms with van der Waals surface area (Å²) >= 11 is 0. The van der Waals surface area contributed by atoms with E-state index >= 15 is 0 Å². The topological polar surface area (TPSA) is 75.3 Å². The number of rotatable bonds is 3. The predicted molar refractivity (Wildman–Crippen MR) is 88.4 cm³/mol. The normalized spacial score (nSPS) is 19.5. The van der Waals surface area contributed by atoms with Gasteiger partial charge in [-0.3, -0.25) is 0 Å². The van der Waals surface area contributed by atoms with Crippen molar-refractivity contribution in [2.45, 2.75) is 43.7 Å². The number of hydrogen-bond donors (Lipinski definition) is 2. The molecule has 0 saturated heterocycles. The van der Waals surface area contributed by atoms with Crippen LogP contribution in [0.25, 0.3) is 10.9 Å². The van der Waals surface area contributed by atoms with Gasteiger partial charge in [-0.15, -0.1) is 0 Å². The molecule has 3 N–H and O–H groups in total. The summed E-state index contributed by atoms with van der Waals surface area (Å²) in [5.74, 6) is 0.276. The smallest absolute Gasteiger partial charge is 0.220 e. The highest BCUT2D eigenvalue weighted by atomic mass is 16.3. The van der Waals surface area contributed by atoms with E-state index in [2.05, 4.69) is 29.0 Å². The van der Waals surface area contributed by atoms with E-state index in [0.29, 0.717) is 0 Å². The highest BCUT2D eigenvalue weighted by Crippen LogP contribution is 2.42. The van der Waals surface area contributed by atoms with Crippen LogP contribution in [0.3, 0.4) is 0 Å². The second kappa shape index (κ2) is 5.82. The van der Waals surface area contributed by atoms with Crippen LogP contribution in [0.5, 0.6) is 0 Å². The summed E-state index contributed by atoms with van der Waals surface area (Å²) in [6.45, 7) is 0. The van der Waals surface area contributed by atoms with E-state index in [-0.39, 0.29) is 11.5 Å². The number of nitrogen functional groups attached to an aromatic ring is 1. The van der Waals surface area contributed by atoms with Crippen molar-refractivity contribution in [3.05, 3.63) is 30.0 Å². The molecule has 0 bridgehead atoms. The molecule has 1 heterocycles. The lowest BCUT2D eigenvalue weighted by Crippen LogP contribution is -2.50. The lowest BCUT2D eigenvalue weighted by Gasteiger charge is -2.46. The Labute approximate surface area is 131 Å². The van der Waals surface area contributed by atoms with Gasteiger partial charge in [-0.05, 0) is 44.6 Å². The minimum absolute atomic E-state index is 0.180. The van der Waals surface area contributed by atoms with Crippen molar-refractivity contribution in [2.24, 2.45) is 0 Å². The molecule has 1 aromatic carbocycles. The van der Waals surface area contributed by atoms with Gasteiger partial charge in [0.15, 0.2) is 0 Å². The Morgan fingerprint density at radius 3 is 2.64 bits per heavy atom. The van der Waals surface area contributed by atoms with Crippen LogP contribution in [-0.4, -0.2) is 39.6 Å². The molecule has 5 heteroatoms. The fraction of sp³-hybridized carbons (Fsp3) is 0.529. The summed E-state index contributed by atoms with van der Waals surface area (Å²) < 4.78 is 0. The minimum atomic E-state index is -0.509. The monoisotopic (exact) mass is 300 g/mol. The van der Waals surface area contributed by atoms with Crippen LogP contribution >= 0.6 is 0 Å². The third-order valence-electron chi connectivity index (χ3n) is 5.06. The molecule has 1 aliphatic rings. The van der Waals surface area contributed by atoms with E-state index in [9.17, 15) is 5.11 Å². The standard InChI is InChI=1S/C17H24N4O/c1-21(2)17(8-4-3-5-9-17)15(22)12-6-7-14-13(10-12)11-19-16(18)20-14/h6-7,10-11,15,22H,3-5,8-9H2,1-2H3,(H2,18,19,20). The average molecular weight is 300 g/mol. The van der Waals surface area contributed by atoms with Crippen LogP contribution < -0.4 is 5.73 Å². The molecule has 0 radical (unpaired) electrons. The van der Waals surface area contributed by atoms with Gasteiger partial charge < -0.3 is 15.7 Å². The highest BCUT2D eigenvalue weighted by Gasteiger charge is 2.41. The third kappa shape index (κ3) is 2.55. The Bertz CT molecular complexity index is 665. The fourth-order valence-electron chi connectivity index (χ4n) is 3.68. The summed E-state index contributed by atoms with van der Waals surface area (Å²) in [5, 5.41) is 12.0. The Morgan fingerprint density at radius 2 is 1.95 bits per heavy atom. The number of aromatic nitrogens is 2. The molecule has 1 saturated carbocycles. The Balaban J connectivity index is 1.99. The number of nitrogens with two attached hydrogens (primary N) is 1. The zero-order valence-electron chi connectivity index (χ0n) is 13.3. The van der Waals surface area contributed by atoms with E-state index in [4.69, 9.17) is 5.73 Å². The summed E-state index contributed by atoms with van der Waals surface area (Å²) in [4.78, 5) is 10.5. The van der Waals surface area contributed by atoms with Gasteiger partial charge in [0, 0.05) is 11.6 Å². The Hall–Kier alpha value is -1.72. The zero-order valence-corrected chi connectivity index (χ0v) is 13.3. The van der Waals surface area contributed by atoms with Crippen molar-refractivity contribution in [1.82, 2.24) is 14.9 Å². The van der Waals surface area contributed by atoms with Gasteiger partial charge in [0.2, 0.25) is 5.95 Å². The fourth-order valence-corrected chi connectivity index (χ4v) is 3.68. The maximum Gasteiger partial charge on any atom is 0.220 e. The molecule has 1 atom stereocenters. The van der Waals surface area contributed by atoms with Gasteiger partial charge in [0.05, 0.1) is 17.2 Å². The van der Waals surface area contributed by atoms with Gasteiger partial charge >= 0.3 is 0 Å². The number of hydrogen-bond acceptors (Lipinski definition) is 5. The molecule has 1 aromatic heterocycles. The second-order valence-electron chi connectivity index (χ2n) is 6.51. The molecule has 0 aliphatic heterocycles. The maximum absolute atomic E-state index is 11.1. The number of aliphatic hydroxyl groups is 1. The molecule has 1 fully saturated rings. The van der Waals surface area contributed by atoms with Crippen LogP contribution in [0.15, 0.2) is 24.4 Å². The van der Waals surface area contributed by atoms with Crippen LogP contribution in [-0.2, 0) is 0 Å². The van der Waals surface area contributed by atoms with Crippen molar-refractivity contribution in [1.29, 1.82) is 0 Å². The number of likely N-dealkylation sites (N-methyl/N-ethyl adjacent to an activating group) is 1. The molecule has 118 valence electrons. The average Bonchev–Trinajstić information content (AvgIpc) is 2.54. The molecular weight excluding hydrogens is 276 g/mol. The van der Waals surface area contributed by atoms with E-state index in [1.54, 1.807) is 6.20 Å². The summed E-state index contributed by atoms with van der Waals surface area (Å²) in [6.07, 6.45) is 6.86. The summed E-state index contributed by atoms with van der Waals surface area (Å²) in [6, 6.07) is 5.86. The summed E-state index contributed by atoms with van der Waals surface area (Å²) in [5.41, 5.74) is 7.18. The van der Waals surface area contributed by atoms with Gasteiger partial charge in [0.25, 0.3) is 0 Å². The van der Waals surface area contributed by atoms with Gasteiger partial charge in [0.1, 0.15) is 0 Å². The van der Waals surface area contributed by atoms with E-state index in [0.717, 1.165) is 29.3 Å². The minimum Gasteiger partial charge on any atom is -0.386 e. The quantitative estimate of drug-likeness (QED) is 0.911. The predicted octanol–water partition coefficient (Wildman–Crippen LogP) is 2.51. The van der Waals surface area contributed by atoms with Gasteiger partial charge in [-0.25, -0.2) is 9.97 Å². The van der Waals surface area contributed by atoms with Crippen molar-refractivity contribution in [3.63, 3.8) is 0 Å². The molecule has 1 unspecified atom stereocenters. The zero-order chi connectivity index (χ0) is 15.7. The lowest BCUT2D eigenvalue weighted by atomic mass is 9.74. The summed E-state index contributed by atoms with van der Waals surface area (Å²) in [7, 11) is 4.14. The van der Waals surface area contributed by atoms with Crippen LogP contribution in [0.2, 0.25) is 0 Å². The van der Waals surface area contributed by atoms with E-state index in [1.165, 1.54) is 19.3 Å². The van der Waals surface area contributed by atoms with Gasteiger partial charge in [-0.1, -0.05) is 25.3 Å².